The van der Waals surface area contributed by atoms with Crippen molar-refractivity contribution in [1.29, 1.82) is 0 Å². The third kappa shape index (κ3) is 3.91. The minimum Gasteiger partial charge on any atom is -0.382 e. The van der Waals surface area contributed by atoms with Crippen LogP contribution < -0.4 is 11.5 Å². The maximum atomic E-state index is 11.5. The summed E-state index contributed by atoms with van der Waals surface area (Å²) in [5.74, 6) is 0.817. The number of hydrogen-bond donors (Lipinski definition) is 2. The molecule has 0 atom stereocenters. The molecule has 1 amide bonds. The molecular weight excluding hydrogens is 515 g/mol. The van der Waals surface area contributed by atoms with E-state index in [-0.39, 0.29) is 50.5 Å². The summed E-state index contributed by atoms with van der Waals surface area (Å²) in [5.41, 5.74) is 17.8. The smallest absolute Gasteiger partial charge is 0.220 e. The molecule has 1 aliphatic carbocycles. The zero-order valence-corrected chi connectivity index (χ0v) is 22.0. The number of nitrogens with zero attached hydrogens (tertiary/aromatic N) is 5. The number of pyridine rings is 1. The number of imidazole rings is 1. The van der Waals surface area contributed by atoms with Crippen LogP contribution in [0.25, 0.3) is 38.9 Å². The number of aromatic nitrogens is 5. The molecule has 0 bridgehead atoms. The summed E-state index contributed by atoms with van der Waals surface area (Å²) in [6.45, 7) is 2.03. The molecule has 9 heteroatoms. The monoisotopic (exact) mass is 537 g/mol. The molecule has 3 heterocycles. The van der Waals surface area contributed by atoms with Crippen molar-refractivity contribution in [1.82, 2.24) is 24.6 Å². The molecule has 35 heavy (non-hydrogen) atoms. The minimum atomic E-state index is -0.270. The predicted octanol–water partition coefficient (Wildman–Crippen LogP) is 3.67. The Morgan fingerprint density at radius 2 is 1.89 bits per heavy atom. The second-order valence-corrected chi connectivity index (χ2v) is 8.78. The van der Waals surface area contributed by atoms with Crippen LogP contribution >= 0.6 is 0 Å². The number of aryl methyl sites for hydroxylation is 1. The third-order valence-corrected chi connectivity index (χ3v) is 6.74. The summed E-state index contributed by atoms with van der Waals surface area (Å²) in [5, 5.41) is 5.36. The van der Waals surface area contributed by atoms with Gasteiger partial charge in [-0.15, -0.1) is 23.6 Å². The molecule has 1 radical (unpaired) electrons. The van der Waals surface area contributed by atoms with Crippen LogP contribution in [0.15, 0.2) is 54.9 Å². The van der Waals surface area contributed by atoms with Crippen LogP contribution in [0, 0.1) is 18.9 Å². The maximum absolute atomic E-state index is 11.5. The molecule has 171 valence electrons. The molecular formula is C26H22N7OY-. The summed E-state index contributed by atoms with van der Waals surface area (Å²) in [4.78, 5) is 25.7. The summed E-state index contributed by atoms with van der Waals surface area (Å²) in [6.07, 6.45) is 2.74. The maximum Gasteiger partial charge on any atom is 0.220 e. The Balaban J connectivity index is 0.00000253. The van der Waals surface area contributed by atoms with Crippen molar-refractivity contribution in [2.75, 3.05) is 5.73 Å². The average molecular weight is 537 g/mol. The van der Waals surface area contributed by atoms with Gasteiger partial charge in [-0.3, -0.25) is 4.79 Å². The molecule has 6 rings (SSSR count). The summed E-state index contributed by atoms with van der Waals surface area (Å²) < 4.78 is 1.75. The van der Waals surface area contributed by atoms with E-state index in [0.717, 1.165) is 39.1 Å². The van der Waals surface area contributed by atoms with Gasteiger partial charge in [0.2, 0.25) is 5.91 Å². The molecule has 0 aliphatic heterocycles. The van der Waals surface area contributed by atoms with Crippen LogP contribution in [0.1, 0.15) is 30.1 Å². The Kier molecular flexibility index (Phi) is 6.11. The summed E-state index contributed by atoms with van der Waals surface area (Å²) in [6, 6.07) is 19.3. The molecule has 5 aromatic rings. The van der Waals surface area contributed by atoms with Crippen molar-refractivity contribution >= 4 is 28.1 Å². The molecule has 0 saturated heterocycles. The number of anilines is 1. The van der Waals surface area contributed by atoms with Gasteiger partial charge in [0.15, 0.2) is 5.82 Å². The molecule has 0 spiro atoms. The first kappa shape index (κ1) is 23.5. The van der Waals surface area contributed by atoms with E-state index in [1.165, 1.54) is 6.33 Å². The van der Waals surface area contributed by atoms with Crippen molar-refractivity contribution in [2.45, 2.75) is 25.7 Å². The number of hydrogen-bond acceptors (Lipinski definition) is 6. The van der Waals surface area contributed by atoms with Crippen LogP contribution in [-0.2, 0) is 37.5 Å². The quantitative estimate of drug-likeness (QED) is 0.337. The Morgan fingerprint density at radius 1 is 1.11 bits per heavy atom. The van der Waals surface area contributed by atoms with E-state index >= 15 is 0 Å². The van der Waals surface area contributed by atoms with Gasteiger partial charge >= 0.3 is 0 Å². The number of nitrogens with two attached hydrogens (primary N) is 2. The Hall–Kier alpha value is -3.23. The normalized spacial score (nSPS) is 17.2. The van der Waals surface area contributed by atoms with Gasteiger partial charge in [-0.05, 0) is 42.1 Å². The molecule has 0 unspecified atom stereocenters. The van der Waals surface area contributed by atoms with E-state index < -0.39 is 0 Å². The Bertz CT molecular complexity index is 1580. The Morgan fingerprint density at radius 3 is 2.63 bits per heavy atom. The van der Waals surface area contributed by atoms with Crippen LogP contribution in [0.2, 0.25) is 0 Å². The van der Waals surface area contributed by atoms with E-state index in [4.69, 9.17) is 21.4 Å². The predicted molar refractivity (Wildman–Crippen MR) is 130 cm³/mol. The van der Waals surface area contributed by atoms with Gasteiger partial charge in [-0.2, -0.15) is 5.10 Å². The molecule has 1 fully saturated rings. The Labute approximate surface area is 227 Å². The third-order valence-electron chi connectivity index (χ3n) is 6.74. The summed E-state index contributed by atoms with van der Waals surface area (Å²) >= 11 is 0. The van der Waals surface area contributed by atoms with Crippen molar-refractivity contribution in [2.24, 2.45) is 11.7 Å². The van der Waals surface area contributed by atoms with Gasteiger partial charge in [-0.1, -0.05) is 42.0 Å². The van der Waals surface area contributed by atoms with Gasteiger partial charge in [-0.25, -0.2) is 14.5 Å². The number of benzene rings is 2. The average Bonchev–Trinajstić information content (AvgIpc) is 3.19. The molecule has 8 nitrogen and oxygen atoms in total. The fourth-order valence-corrected chi connectivity index (χ4v) is 4.76. The zero-order chi connectivity index (χ0) is 23.4. The van der Waals surface area contributed by atoms with E-state index in [1.54, 1.807) is 4.52 Å². The topological polar surface area (TPSA) is 125 Å². The zero-order valence-electron chi connectivity index (χ0n) is 19.1. The fourth-order valence-electron chi connectivity index (χ4n) is 4.76. The van der Waals surface area contributed by atoms with Crippen molar-refractivity contribution in [3.8, 4) is 22.5 Å². The second-order valence-electron chi connectivity index (χ2n) is 8.78. The number of rotatable bonds is 4. The fraction of sp³-hybridized carbons (Fsp3) is 0.192. The largest absolute Gasteiger partial charge is 0.382 e. The second kappa shape index (κ2) is 9.09. The van der Waals surface area contributed by atoms with E-state index in [9.17, 15) is 4.79 Å². The van der Waals surface area contributed by atoms with Crippen molar-refractivity contribution in [3.63, 3.8) is 0 Å². The number of carbonyl (C=O) groups is 1. The standard InChI is InChI=1S/C26H22N7O.Y/c1-14-19(9-7-16-8-10-20(31-21(14)16)15-5-3-2-4-6-15)22-23-24(27)29-13-30-33(23)26(32-22)18-11-17(12-18)25(28)34;/h2-7,9-10,13,17-18H,11-12H2,1H3,(H2,28,34)(H2,27,29,30);/q-1;. The first-order valence-electron chi connectivity index (χ1n) is 11.2. The van der Waals surface area contributed by atoms with E-state index in [2.05, 4.69) is 16.1 Å². The number of nitrogen functional groups attached to an aromatic ring is 1. The van der Waals surface area contributed by atoms with Crippen LogP contribution in [0.5, 0.6) is 0 Å². The molecule has 1 saturated carbocycles. The number of primary amides is 1. The van der Waals surface area contributed by atoms with E-state index in [0.29, 0.717) is 29.9 Å². The van der Waals surface area contributed by atoms with Gasteiger partial charge in [0.05, 0.1) is 0 Å². The molecule has 3 aromatic heterocycles. The summed E-state index contributed by atoms with van der Waals surface area (Å²) in [7, 11) is 0. The van der Waals surface area contributed by atoms with Gasteiger partial charge in [0.1, 0.15) is 23.4 Å². The SMILES string of the molecule is Cc1c(-c2nc(C3CC(C(N)=O)C3)n3ncnc(N)c23)ccc2[c-]cc(-c3ccccc3)nc12.[Y]. The number of carbonyl (C=O) groups excluding carboxylic acids is 1. The van der Waals surface area contributed by atoms with E-state index in [1.807, 2.05) is 55.5 Å². The number of fused-ring (bicyclic) bond motifs is 2. The first-order chi connectivity index (χ1) is 16.5. The van der Waals surface area contributed by atoms with Gasteiger partial charge in [0.25, 0.3) is 0 Å². The van der Waals surface area contributed by atoms with Gasteiger partial charge < -0.3 is 16.5 Å². The first-order valence-corrected chi connectivity index (χ1v) is 11.2. The van der Waals surface area contributed by atoms with Crippen LogP contribution in [0.3, 0.4) is 0 Å². The van der Waals surface area contributed by atoms with Crippen molar-refractivity contribution < 1.29 is 37.5 Å². The molecule has 1 aliphatic rings. The van der Waals surface area contributed by atoms with Gasteiger partial charge in [0, 0.05) is 44.5 Å². The molecule has 2 aromatic carbocycles. The molecule has 4 N–H and O–H groups in total. The van der Waals surface area contributed by atoms with Crippen LogP contribution in [0.4, 0.5) is 5.82 Å². The van der Waals surface area contributed by atoms with Crippen molar-refractivity contribution in [3.05, 3.63) is 72.3 Å². The number of amides is 1. The minimum absolute atomic E-state index is 0. The van der Waals surface area contributed by atoms with Crippen LogP contribution in [-0.4, -0.2) is 30.5 Å².